The molecule has 8 unspecified atom stereocenters. The minimum absolute atomic E-state index is 0.0530. The standard InChI is InChI=1S/C40H48F2N2O5/c1-5-20-44(35(47)43-26-7-9-28(49-4)10-8-26)24-39(48)17-14-33-37(39,3)16-13-32-36(2)15-12-27(45)22-38(36)18-19-40(32,33)29(23-38)34(46)25-6-11-30(41)31(42)21-25/h6-11,18-19,21,23,27,32-33,45,48H,5,12-17,20,22,24H2,1-4H3,(H,43,47). The number of hydrogen-bond acceptors (Lipinski definition) is 5. The molecule has 2 spiro atoms. The van der Waals surface area contributed by atoms with E-state index in [0.717, 1.165) is 31.4 Å². The number of halogens is 2. The van der Waals surface area contributed by atoms with E-state index in [4.69, 9.17) is 4.74 Å². The number of rotatable bonds is 8. The van der Waals surface area contributed by atoms with Gasteiger partial charge >= 0.3 is 6.03 Å². The average molecular weight is 675 g/mol. The third-order valence-electron chi connectivity index (χ3n) is 13.7. The number of ketones is 1. The van der Waals surface area contributed by atoms with Gasteiger partial charge in [0.15, 0.2) is 17.4 Å². The van der Waals surface area contributed by atoms with Gasteiger partial charge in [-0.05, 0) is 111 Å². The van der Waals surface area contributed by atoms with Crippen LogP contribution < -0.4 is 10.1 Å². The zero-order valence-corrected chi connectivity index (χ0v) is 28.9. The van der Waals surface area contributed by atoms with Crippen LogP contribution in [-0.2, 0) is 0 Å². The van der Waals surface area contributed by atoms with Gasteiger partial charge in [0, 0.05) is 39.6 Å². The Morgan fingerprint density at radius 2 is 1.65 bits per heavy atom. The van der Waals surface area contributed by atoms with Crippen LogP contribution in [0.25, 0.3) is 0 Å². The van der Waals surface area contributed by atoms with Gasteiger partial charge in [-0.25, -0.2) is 13.6 Å². The molecule has 0 heterocycles. The molecule has 262 valence electrons. The molecule has 6 aliphatic rings. The number of nitrogens with zero attached hydrogens (tertiary/aromatic N) is 1. The number of hydrogen-bond donors (Lipinski definition) is 3. The Kier molecular flexibility index (Phi) is 8.14. The summed E-state index contributed by atoms with van der Waals surface area (Å²) in [5.74, 6) is -1.81. The molecule has 7 nitrogen and oxygen atoms in total. The smallest absolute Gasteiger partial charge is 0.321 e. The summed E-state index contributed by atoms with van der Waals surface area (Å²) in [5, 5.41) is 26.7. The molecule has 3 fully saturated rings. The Balaban J connectivity index is 1.27. The predicted octanol–water partition coefficient (Wildman–Crippen LogP) is 7.69. The number of nitrogens with one attached hydrogen (secondary N) is 1. The summed E-state index contributed by atoms with van der Waals surface area (Å²) in [5.41, 5.74) is -2.12. The third-order valence-corrected chi connectivity index (χ3v) is 13.7. The lowest BCUT2D eigenvalue weighted by molar-refractivity contribution is -0.174. The van der Waals surface area contributed by atoms with Crippen molar-refractivity contribution in [3.05, 3.63) is 83.5 Å². The van der Waals surface area contributed by atoms with Crippen molar-refractivity contribution in [2.45, 2.75) is 83.8 Å². The average Bonchev–Trinajstić information content (AvgIpc) is 3.35. The molecule has 3 N–H and O–H groups in total. The van der Waals surface area contributed by atoms with Gasteiger partial charge in [0.25, 0.3) is 0 Å². The molecule has 2 aromatic rings. The van der Waals surface area contributed by atoms with Crippen LogP contribution in [0.4, 0.5) is 19.3 Å². The molecule has 2 amide bonds. The summed E-state index contributed by atoms with van der Waals surface area (Å²) >= 11 is 0. The molecule has 8 atom stereocenters. The van der Waals surface area contributed by atoms with Gasteiger partial charge in [0.1, 0.15) is 5.75 Å². The fraction of sp³-hybridized carbons (Fsp3) is 0.550. The van der Waals surface area contributed by atoms with Gasteiger partial charge < -0.3 is 25.2 Å². The van der Waals surface area contributed by atoms with Crippen molar-refractivity contribution in [2.75, 3.05) is 25.5 Å². The van der Waals surface area contributed by atoms with Gasteiger partial charge in [-0.1, -0.05) is 39.0 Å². The fourth-order valence-electron chi connectivity index (χ4n) is 11.1. The van der Waals surface area contributed by atoms with Crippen LogP contribution in [0.2, 0.25) is 0 Å². The second kappa shape index (κ2) is 11.8. The number of benzene rings is 2. The summed E-state index contributed by atoms with van der Waals surface area (Å²) in [6.45, 7) is 7.03. The van der Waals surface area contributed by atoms with Crippen molar-refractivity contribution < 1.29 is 33.3 Å². The van der Waals surface area contributed by atoms with Crippen LogP contribution in [-0.4, -0.2) is 58.8 Å². The van der Waals surface area contributed by atoms with E-state index in [1.165, 1.54) is 6.07 Å². The molecule has 9 heteroatoms. The molecule has 0 radical (unpaired) electrons. The van der Waals surface area contributed by atoms with Gasteiger partial charge in [-0.15, -0.1) is 0 Å². The van der Waals surface area contributed by atoms with Crippen molar-refractivity contribution in [1.82, 2.24) is 4.90 Å². The molecule has 3 saturated carbocycles. The third kappa shape index (κ3) is 4.85. The van der Waals surface area contributed by atoms with Crippen molar-refractivity contribution in [2.24, 2.45) is 33.5 Å². The topological polar surface area (TPSA) is 99.1 Å². The first-order valence-corrected chi connectivity index (χ1v) is 17.8. The molecule has 6 aliphatic carbocycles. The number of aliphatic hydroxyl groups excluding tert-OH is 1. The van der Waals surface area contributed by atoms with Crippen LogP contribution in [0.5, 0.6) is 5.75 Å². The highest BCUT2D eigenvalue weighted by Crippen LogP contribution is 2.78. The Hall–Kier alpha value is -3.56. The maximum absolute atomic E-state index is 14.6. The van der Waals surface area contributed by atoms with E-state index in [0.29, 0.717) is 55.7 Å². The summed E-state index contributed by atoms with van der Waals surface area (Å²) < 4.78 is 33.8. The zero-order valence-electron chi connectivity index (χ0n) is 28.9. The number of Topliss-reactive ketones (excluding diaryl/α,β-unsaturated/α-hetero) is 1. The number of amides is 2. The molecule has 0 aliphatic heterocycles. The van der Waals surface area contributed by atoms with E-state index in [1.807, 2.05) is 6.92 Å². The number of anilines is 1. The Morgan fingerprint density at radius 1 is 0.959 bits per heavy atom. The predicted molar refractivity (Wildman–Crippen MR) is 183 cm³/mol. The minimum Gasteiger partial charge on any atom is -0.497 e. The number of carbonyl (C=O) groups is 2. The second-order valence-electron chi connectivity index (χ2n) is 15.8. The maximum atomic E-state index is 14.6. The van der Waals surface area contributed by atoms with Crippen molar-refractivity contribution in [3.63, 3.8) is 0 Å². The fourth-order valence-corrected chi connectivity index (χ4v) is 11.1. The second-order valence-corrected chi connectivity index (χ2v) is 15.8. The quantitative estimate of drug-likeness (QED) is 0.197. The zero-order chi connectivity index (χ0) is 35.0. The molecule has 0 saturated heterocycles. The highest BCUT2D eigenvalue weighted by Gasteiger charge is 2.74. The Morgan fingerprint density at radius 3 is 2.35 bits per heavy atom. The summed E-state index contributed by atoms with van der Waals surface area (Å²) in [6.07, 6.45) is 11.2. The van der Waals surface area contributed by atoms with Gasteiger partial charge in [-0.3, -0.25) is 4.79 Å². The molecule has 49 heavy (non-hydrogen) atoms. The summed E-state index contributed by atoms with van der Waals surface area (Å²) in [7, 11) is 1.59. The van der Waals surface area contributed by atoms with Gasteiger partial charge in [-0.2, -0.15) is 0 Å². The molecule has 2 bridgehead atoms. The molecular formula is C40H48F2N2O5. The van der Waals surface area contributed by atoms with Crippen LogP contribution in [0.15, 0.2) is 66.3 Å². The first-order chi connectivity index (χ1) is 23.3. The minimum atomic E-state index is -1.23. The Labute approximate surface area is 287 Å². The highest BCUT2D eigenvalue weighted by atomic mass is 19.2. The number of allylic oxidation sites excluding steroid dienone is 4. The largest absolute Gasteiger partial charge is 0.497 e. The number of fused-ring (bicyclic) bond motifs is 1. The van der Waals surface area contributed by atoms with E-state index in [2.05, 4.69) is 37.4 Å². The van der Waals surface area contributed by atoms with Gasteiger partial charge in [0.2, 0.25) is 0 Å². The molecule has 0 aromatic heterocycles. The van der Waals surface area contributed by atoms with Crippen molar-refractivity contribution in [3.8, 4) is 5.75 Å². The highest BCUT2D eigenvalue weighted by molar-refractivity contribution is 6.10. The van der Waals surface area contributed by atoms with E-state index in [9.17, 15) is 28.6 Å². The van der Waals surface area contributed by atoms with Crippen LogP contribution >= 0.6 is 0 Å². The first kappa shape index (κ1) is 33.9. The van der Waals surface area contributed by atoms with Crippen LogP contribution in [0.3, 0.4) is 0 Å². The van der Waals surface area contributed by atoms with E-state index < -0.39 is 39.6 Å². The van der Waals surface area contributed by atoms with E-state index >= 15 is 0 Å². The van der Waals surface area contributed by atoms with E-state index in [-0.39, 0.29) is 41.2 Å². The molecule has 2 aromatic carbocycles. The monoisotopic (exact) mass is 674 g/mol. The molecular weight excluding hydrogens is 626 g/mol. The SMILES string of the molecule is CCCN(CC1(O)CCC2C34C=CC5(C=C3C(=O)c3ccc(F)c(F)c3)CC(O)CCC5(C)C4CCC21C)C(=O)Nc1ccc(OC)cc1. The number of urea groups is 1. The van der Waals surface area contributed by atoms with Crippen LogP contribution in [0.1, 0.15) is 82.5 Å². The lowest BCUT2D eigenvalue weighted by Crippen LogP contribution is -2.67. The summed E-state index contributed by atoms with van der Waals surface area (Å²) in [6, 6.07) is 10.2. The normalized spacial score (nSPS) is 37.1. The van der Waals surface area contributed by atoms with E-state index in [1.54, 1.807) is 36.3 Å². The molecule has 8 rings (SSSR count). The van der Waals surface area contributed by atoms with Crippen molar-refractivity contribution >= 4 is 17.5 Å². The van der Waals surface area contributed by atoms with Crippen molar-refractivity contribution in [1.29, 1.82) is 0 Å². The Bertz CT molecular complexity index is 1730. The lowest BCUT2D eigenvalue weighted by Gasteiger charge is -2.71. The first-order valence-electron chi connectivity index (χ1n) is 17.8. The number of aliphatic hydroxyl groups is 2. The maximum Gasteiger partial charge on any atom is 0.321 e. The lowest BCUT2D eigenvalue weighted by atomic mass is 9.32. The number of ether oxygens (including phenoxy) is 1. The number of carbonyl (C=O) groups excluding carboxylic acids is 2. The number of methoxy groups -OCH3 is 1. The van der Waals surface area contributed by atoms with Crippen LogP contribution in [0, 0.1) is 45.1 Å². The van der Waals surface area contributed by atoms with Gasteiger partial charge in [0.05, 0.1) is 25.4 Å². The summed E-state index contributed by atoms with van der Waals surface area (Å²) in [4.78, 5) is 30.0.